The van der Waals surface area contributed by atoms with Crippen LogP contribution in [0, 0.1) is 35.6 Å². The summed E-state index contributed by atoms with van der Waals surface area (Å²) in [4.78, 5) is 0. The molecule has 0 spiro atoms. The third kappa shape index (κ3) is 1.94. The maximum Gasteiger partial charge on any atom is 0.160 e. The van der Waals surface area contributed by atoms with Crippen molar-refractivity contribution >= 4 is 0 Å². The van der Waals surface area contributed by atoms with Gasteiger partial charge in [-0.25, -0.2) is 8.78 Å². The normalized spacial score (nSPS) is 8.14. The summed E-state index contributed by atoms with van der Waals surface area (Å²) in [5.74, 6) is 2.79. The van der Waals surface area contributed by atoms with E-state index in [9.17, 15) is 8.78 Å². The molecule has 0 unspecified atom stereocenters. The summed E-state index contributed by atoms with van der Waals surface area (Å²) in [6.07, 6.45) is 0. The van der Waals surface area contributed by atoms with Crippen LogP contribution in [0.2, 0.25) is 0 Å². The van der Waals surface area contributed by atoms with Gasteiger partial charge in [-0.2, -0.15) is 0 Å². The molecular weight excluding hydrogens is 186 g/mol. The number of rotatable bonds is 0. The molecule has 2 nitrogen and oxygen atoms in total. The van der Waals surface area contributed by atoms with Crippen LogP contribution in [0.3, 0.4) is 0 Å². The highest BCUT2D eigenvalue weighted by atomic mass is 19.2. The third-order valence-electron chi connectivity index (χ3n) is 1.47. The van der Waals surface area contributed by atoms with E-state index < -0.39 is 11.6 Å². The zero-order valence-corrected chi connectivity index (χ0v) is 7.07. The summed E-state index contributed by atoms with van der Waals surface area (Å²) in [6.45, 7) is 0. The molecule has 4 N–H and O–H groups in total. The molecule has 0 saturated heterocycles. The maximum absolute atomic E-state index is 12.8. The van der Waals surface area contributed by atoms with Gasteiger partial charge in [0.2, 0.25) is 0 Å². The van der Waals surface area contributed by atoms with Crippen molar-refractivity contribution in [2.24, 2.45) is 11.5 Å². The quantitative estimate of drug-likeness (QED) is 0.464. The molecular formula is C10H6F2N2. The van der Waals surface area contributed by atoms with Crippen molar-refractivity contribution < 1.29 is 8.78 Å². The number of nitrogens with two attached hydrogens (primary N) is 2. The molecule has 0 aliphatic heterocycles. The average molecular weight is 192 g/mol. The van der Waals surface area contributed by atoms with Crippen molar-refractivity contribution in [3.05, 3.63) is 34.9 Å². The predicted molar refractivity (Wildman–Crippen MR) is 48.5 cm³/mol. The van der Waals surface area contributed by atoms with Gasteiger partial charge in [-0.15, -0.1) is 0 Å². The summed E-state index contributed by atoms with van der Waals surface area (Å²) >= 11 is 0. The first kappa shape index (κ1) is 9.88. The van der Waals surface area contributed by atoms with E-state index in [0.29, 0.717) is 0 Å². The van der Waals surface area contributed by atoms with Crippen LogP contribution in [0.1, 0.15) is 11.1 Å². The Labute approximate surface area is 79.9 Å². The first-order valence-electron chi connectivity index (χ1n) is 3.61. The minimum Gasteiger partial charge on any atom is -0.359 e. The van der Waals surface area contributed by atoms with E-state index in [1.54, 1.807) is 0 Å². The Kier molecular flexibility index (Phi) is 2.93. The van der Waals surface area contributed by atoms with E-state index in [-0.39, 0.29) is 11.1 Å². The van der Waals surface area contributed by atoms with Crippen LogP contribution < -0.4 is 11.5 Å². The van der Waals surface area contributed by atoms with Crippen LogP contribution in [0.4, 0.5) is 8.78 Å². The third-order valence-corrected chi connectivity index (χ3v) is 1.47. The summed E-state index contributed by atoms with van der Waals surface area (Å²) in [5.41, 5.74) is 10.3. The van der Waals surface area contributed by atoms with Crippen LogP contribution in [-0.2, 0) is 0 Å². The molecule has 0 amide bonds. The molecule has 0 heterocycles. The van der Waals surface area contributed by atoms with Crippen LogP contribution in [0.5, 0.6) is 0 Å². The Bertz CT molecular complexity index is 428. The monoisotopic (exact) mass is 192 g/mol. The minimum atomic E-state index is -0.995. The second-order valence-electron chi connectivity index (χ2n) is 2.35. The van der Waals surface area contributed by atoms with E-state index >= 15 is 0 Å². The Morgan fingerprint density at radius 3 is 1.50 bits per heavy atom. The van der Waals surface area contributed by atoms with Crippen LogP contribution in [0.25, 0.3) is 0 Å². The van der Waals surface area contributed by atoms with E-state index in [2.05, 4.69) is 23.9 Å². The van der Waals surface area contributed by atoms with Gasteiger partial charge in [-0.1, -0.05) is 0 Å². The fourth-order valence-corrected chi connectivity index (χ4v) is 0.909. The zero-order chi connectivity index (χ0) is 10.6. The molecule has 0 radical (unpaired) electrons. The summed E-state index contributed by atoms with van der Waals surface area (Å²) < 4.78 is 25.5. The lowest BCUT2D eigenvalue weighted by molar-refractivity contribution is 0.508. The lowest BCUT2D eigenvalue weighted by atomic mass is 10.1. The molecule has 0 fully saturated rings. The fraction of sp³-hybridized carbons (Fsp3) is 0. The number of hydrogen-bond donors (Lipinski definition) is 2. The van der Waals surface area contributed by atoms with Gasteiger partial charge >= 0.3 is 0 Å². The molecule has 1 rings (SSSR count). The lowest BCUT2D eigenvalue weighted by Gasteiger charge is -1.97. The number of benzene rings is 1. The second-order valence-corrected chi connectivity index (χ2v) is 2.35. The average Bonchev–Trinajstić information content (AvgIpc) is 2.14. The van der Waals surface area contributed by atoms with E-state index in [1.165, 1.54) is 0 Å². The molecule has 0 aliphatic rings. The van der Waals surface area contributed by atoms with Gasteiger partial charge in [0.25, 0.3) is 0 Å². The highest BCUT2D eigenvalue weighted by Gasteiger charge is 2.06. The topological polar surface area (TPSA) is 52.0 Å². The Balaban J connectivity index is 3.41. The zero-order valence-electron chi connectivity index (χ0n) is 7.07. The lowest BCUT2D eigenvalue weighted by Crippen LogP contribution is -1.93. The van der Waals surface area contributed by atoms with Crippen molar-refractivity contribution in [1.82, 2.24) is 0 Å². The number of hydrogen-bond acceptors (Lipinski definition) is 2. The largest absolute Gasteiger partial charge is 0.359 e. The van der Waals surface area contributed by atoms with Crippen molar-refractivity contribution in [3.63, 3.8) is 0 Å². The molecule has 1 aromatic carbocycles. The summed E-state index contributed by atoms with van der Waals surface area (Å²) in [5, 5.41) is 0. The minimum absolute atomic E-state index is 0.212. The van der Waals surface area contributed by atoms with Gasteiger partial charge in [-0.05, 0) is 24.0 Å². The molecule has 0 aromatic heterocycles. The van der Waals surface area contributed by atoms with Gasteiger partial charge in [0.15, 0.2) is 11.6 Å². The highest BCUT2D eigenvalue weighted by molar-refractivity contribution is 5.50. The van der Waals surface area contributed by atoms with Gasteiger partial charge in [0, 0.05) is 23.2 Å². The molecule has 0 saturated carbocycles. The Morgan fingerprint density at radius 2 is 1.21 bits per heavy atom. The first-order chi connectivity index (χ1) is 6.69. The fourth-order valence-electron chi connectivity index (χ4n) is 0.909. The molecule has 14 heavy (non-hydrogen) atoms. The van der Waals surface area contributed by atoms with E-state index in [0.717, 1.165) is 12.1 Å². The van der Waals surface area contributed by atoms with E-state index in [4.69, 9.17) is 11.5 Å². The molecule has 1 aromatic rings. The van der Waals surface area contributed by atoms with Gasteiger partial charge in [0.1, 0.15) is 0 Å². The molecule has 70 valence electrons. The smallest absolute Gasteiger partial charge is 0.160 e. The molecule has 0 bridgehead atoms. The van der Waals surface area contributed by atoms with Crippen LogP contribution in [0.15, 0.2) is 12.1 Å². The number of halogens is 2. The summed E-state index contributed by atoms with van der Waals surface area (Å²) in [6, 6.07) is 6.01. The first-order valence-corrected chi connectivity index (χ1v) is 3.61. The SMILES string of the molecule is NC#Cc1cc(F)c(F)cc1C#CN. The Morgan fingerprint density at radius 1 is 0.857 bits per heavy atom. The van der Waals surface area contributed by atoms with Crippen molar-refractivity contribution in [1.29, 1.82) is 0 Å². The van der Waals surface area contributed by atoms with Gasteiger partial charge in [-0.3, -0.25) is 0 Å². The van der Waals surface area contributed by atoms with Crippen molar-refractivity contribution in [2.45, 2.75) is 0 Å². The second kappa shape index (κ2) is 4.15. The van der Waals surface area contributed by atoms with Gasteiger partial charge < -0.3 is 11.5 Å². The molecule has 0 atom stereocenters. The van der Waals surface area contributed by atoms with Crippen molar-refractivity contribution in [2.75, 3.05) is 0 Å². The highest BCUT2D eigenvalue weighted by Crippen LogP contribution is 2.13. The van der Waals surface area contributed by atoms with Crippen LogP contribution in [-0.4, -0.2) is 0 Å². The molecule has 0 aliphatic carbocycles. The Hall–Kier alpha value is -2.20. The predicted octanol–water partition coefficient (Wildman–Crippen LogP) is 0.500. The van der Waals surface area contributed by atoms with Crippen molar-refractivity contribution in [3.8, 4) is 23.9 Å². The maximum atomic E-state index is 12.8. The van der Waals surface area contributed by atoms with Gasteiger partial charge in [0.05, 0.1) is 0 Å². The summed E-state index contributed by atoms with van der Waals surface area (Å²) in [7, 11) is 0. The van der Waals surface area contributed by atoms with E-state index in [1.807, 2.05) is 0 Å². The van der Waals surface area contributed by atoms with Crippen LogP contribution >= 0.6 is 0 Å². The standard InChI is InChI=1S/C10H6F2N2/c11-9-5-7(1-3-13)8(2-4-14)6-10(9)12/h5-6H,13-14H2. The molecule has 4 heteroatoms.